The van der Waals surface area contributed by atoms with Crippen LogP contribution in [0.2, 0.25) is 0 Å². The predicted octanol–water partition coefficient (Wildman–Crippen LogP) is 1.59. The molecule has 0 bridgehead atoms. The molecule has 0 saturated carbocycles. The standard InChI is InChI=1S/C14H20N4O2S/c1-4-6-17-13(19)12-11(16)10(9-15)14(21-12)18(5-2)7-8-20-3/h4H,1,5-8,16H2,2-3H3,(H,17,19). The largest absolute Gasteiger partial charge is 0.396 e. The van der Waals surface area contributed by atoms with Gasteiger partial charge in [0.15, 0.2) is 0 Å². The van der Waals surface area contributed by atoms with Gasteiger partial charge in [-0.15, -0.1) is 17.9 Å². The van der Waals surface area contributed by atoms with Crippen molar-refractivity contribution >= 4 is 27.9 Å². The second-order valence-corrected chi connectivity index (χ2v) is 5.21. The van der Waals surface area contributed by atoms with Crippen molar-refractivity contribution in [2.45, 2.75) is 6.92 Å². The van der Waals surface area contributed by atoms with E-state index in [9.17, 15) is 10.1 Å². The van der Waals surface area contributed by atoms with E-state index < -0.39 is 0 Å². The fourth-order valence-electron chi connectivity index (χ4n) is 1.78. The second kappa shape index (κ2) is 8.29. The van der Waals surface area contributed by atoms with Crippen LogP contribution in [-0.4, -0.2) is 39.3 Å². The maximum absolute atomic E-state index is 12.0. The third-order valence-corrected chi connectivity index (χ3v) is 4.15. The van der Waals surface area contributed by atoms with Crippen molar-refractivity contribution in [2.24, 2.45) is 0 Å². The Balaban J connectivity index is 3.12. The number of nitrogens with zero attached hydrogens (tertiary/aromatic N) is 2. The maximum Gasteiger partial charge on any atom is 0.263 e. The zero-order valence-corrected chi connectivity index (χ0v) is 13.1. The first-order valence-electron chi connectivity index (χ1n) is 6.55. The van der Waals surface area contributed by atoms with E-state index in [1.165, 1.54) is 11.3 Å². The van der Waals surface area contributed by atoms with Crippen molar-refractivity contribution in [1.82, 2.24) is 5.32 Å². The molecule has 21 heavy (non-hydrogen) atoms. The summed E-state index contributed by atoms with van der Waals surface area (Å²) in [4.78, 5) is 14.4. The Morgan fingerprint density at radius 2 is 2.38 bits per heavy atom. The molecule has 1 heterocycles. The lowest BCUT2D eigenvalue weighted by Crippen LogP contribution is -2.26. The van der Waals surface area contributed by atoms with E-state index in [0.29, 0.717) is 41.7 Å². The molecule has 3 N–H and O–H groups in total. The van der Waals surface area contributed by atoms with Crippen molar-refractivity contribution in [1.29, 1.82) is 5.26 Å². The normalized spacial score (nSPS) is 9.95. The minimum Gasteiger partial charge on any atom is -0.396 e. The predicted molar refractivity (Wildman–Crippen MR) is 85.7 cm³/mol. The van der Waals surface area contributed by atoms with Crippen LogP contribution in [0.5, 0.6) is 0 Å². The number of likely N-dealkylation sites (N-methyl/N-ethyl adjacent to an activating group) is 1. The number of nitrogen functional groups attached to an aromatic ring is 1. The monoisotopic (exact) mass is 308 g/mol. The number of carbonyl (C=O) groups is 1. The van der Waals surface area contributed by atoms with Crippen LogP contribution >= 0.6 is 11.3 Å². The van der Waals surface area contributed by atoms with Crippen LogP contribution in [0.1, 0.15) is 22.2 Å². The molecule has 1 rings (SSSR count). The molecule has 0 aliphatic carbocycles. The highest BCUT2D eigenvalue weighted by molar-refractivity contribution is 7.19. The minimum atomic E-state index is -0.289. The summed E-state index contributed by atoms with van der Waals surface area (Å²) in [5.41, 5.74) is 6.53. The van der Waals surface area contributed by atoms with Gasteiger partial charge in [0.05, 0.1) is 12.3 Å². The molecule has 7 heteroatoms. The number of hydrogen-bond donors (Lipinski definition) is 2. The molecule has 0 saturated heterocycles. The summed E-state index contributed by atoms with van der Waals surface area (Å²) in [7, 11) is 1.62. The van der Waals surface area contributed by atoms with Gasteiger partial charge in [0.25, 0.3) is 5.91 Å². The Hall–Kier alpha value is -2.04. The number of nitriles is 1. The molecule has 0 aliphatic heterocycles. The van der Waals surface area contributed by atoms with Crippen molar-refractivity contribution in [3.05, 3.63) is 23.1 Å². The average molecular weight is 308 g/mol. The molecule has 0 radical (unpaired) electrons. The van der Waals surface area contributed by atoms with Gasteiger partial charge in [-0.05, 0) is 6.92 Å². The maximum atomic E-state index is 12.0. The van der Waals surface area contributed by atoms with Crippen molar-refractivity contribution in [3.8, 4) is 6.07 Å². The fraction of sp³-hybridized carbons (Fsp3) is 0.429. The van der Waals surface area contributed by atoms with Gasteiger partial charge in [0.1, 0.15) is 21.5 Å². The molecule has 0 spiro atoms. The highest BCUT2D eigenvalue weighted by Gasteiger charge is 2.23. The lowest BCUT2D eigenvalue weighted by molar-refractivity contribution is 0.0963. The number of ether oxygens (including phenoxy) is 1. The molecular formula is C14H20N4O2S. The van der Waals surface area contributed by atoms with Gasteiger partial charge in [0, 0.05) is 26.7 Å². The van der Waals surface area contributed by atoms with E-state index in [0.717, 1.165) is 0 Å². The molecule has 0 unspecified atom stereocenters. The first kappa shape index (κ1) is 17.0. The van der Waals surface area contributed by atoms with Crippen LogP contribution in [0.25, 0.3) is 0 Å². The Morgan fingerprint density at radius 1 is 1.67 bits per heavy atom. The van der Waals surface area contributed by atoms with Gasteiger partial charge in [-0.1, -0.05) is 6.08 Å². The molecule has 0 fully saturated rings. The number of methoxy groups -OCH3 is 1. The van der Waals surface area contributed by atoms with E-state index in [2.05, 4.69) is 18.0 Å². The van der Waals surface area contributed by atoms with E-state index in [4.69, 9.17) is 10.5 Å². The Labute approximate surface area is 128 Å². The van der Waals surface area contributed by atoms with Crippen LogP contribution in [0.3, 0.4) is 0 Å². The average Bonchev–Trinajstić information content (AvgIpc) is 2.82. The van der Waals surface area contributed by atoms with Gasteiger partial charge in [-0.2, -0.15) is 5.26 Å². The molecule has 114 valence electrons. The molecule has 0 aliphatic rings. The van der Waals surface area contributed by atoms with E-state index in [1.54, 1.807) is 13.2 Å². The molecule has 1 aromatic rings. The number of anilines is 2. The van der Waals surface area contributed by atoms with Crippen molar-refractivity contribution < 1.29 is 9.53 Å². The van der Waals surface area contributed by atoms with Gasteiger partial charge in [-0.3, -0.25) is 4.79 Å². The van der Waals surface area contributed by atoms with Crippen LogP contribution in [0.15, 0.2) is 12.7 Å². The molecule has 6 nitrogen and oxygen atoms in total. The highest BCUT2D eigenvalue weighted by Crippen LogP contribution is 2.37. The summed E-state index contributed by atoms with van der Waals surface area (Å²) in [6.07, 6.45) is 1.59. The number of nitrogens with one attached hydrogen (secondary N) is 1. The van der Waals surface area contributed by atoms with Crippen LogP contribution in [0, 0.1) is 11.3 Å². The molecule has 0 atom stereocenters. The number of nitrogens with two attached hydrogens (primary N) is 1. The lowest BCUT2D eigenvalue weighted by atomic mass is 10.2. The van der Waals surface area contributed by atoms with Gasteiger partial charge < -0.3 is 20.7 Å². The highest BCUT2D eigenvalue weighted by atomic mass is 32.1. The smallest absolute Gasteiger partial charge is 0.263 e. The molecule has 1 aromatic heterocycles. The summed E-state index contributed by atoms with van der Waals surface area (Å²) < 4.78 is 5.07. The minimum absolute atomic E-state index is 0.231. The van der Waals surface area contributed by atoms with E-state index in [-0.39, 0.29) is 11.6 Å². The van der Waals surface area contributed by atoms with Crippen molar-refractivity contribution in [2.75, 3.05) is 44.0 Å². The summed E-state index contributed by atoms with van der Waals surface area (Å²) in [5.74, 6) is -0.289. The first-order valence-corrected chi connectivity index (χ1v) is 7.37. The van der Waals surface area contributed by atoms with Gasteiger partial charge in [0.2, 0.25) is 0 Å². The fourth-order valence-corrected chi connectivity index (χ4v) is 2.96. The summed E-state index contributed by atoms with van der Waals surface area (Å²) >= 11 is 1.23. The van der Waals surface area contributed by atoms with Crippen LogP contribution < -0.4 is 16.0 Å². The molecule has 0 aromatic carbocycles. The third-order valence-electron chi connectivity index (χ3n) is 2.89. The lowest BCUT2D eigenvalue weighted by Gasteiger charge is -2.21. The first-order chi connectivity index (χ1) is 10.1. The molecular weight excluding hydrogens is 288 g/mol. The topological polar surface area (TPSA) is 91.4 Å². The van der Waals surface area contributed by atoms with Crippen LogP contribution in [0.4, 0.5) is 10.7 Å². The number of amides is 1. The van der Waals surface area contributed by atoms with E-state index in [1.807, 2.05) is 11.8 Å². The number of hydrogen-bond acceptors (Lipinski definition) is 6. The Bertz CT molecular complexity index is 548. The van der Waals surface area contributed by atoms with Crippen molar-refractivity contribution in [3.63, 3.8) is 0 Å². The SMILES string of the molecule is C=CCNC(=O)c1sc(N(CC)CCOC)c(C#N)c1N. The summed E-state index contributed by atoms with van der Waals surface area (Å²) in [6.45, 7) is 7.75. The summed E-state index contributed by atoms with van der Waals surface area (Å²) in [5, 5.41) is 12.7. The van der Waals surface area contributed by atoms with Gasteiger partial charge >= 0.3 is 0 Å². The van der Waals surface area contributed by atoms with E-state index >= 15 is 0 Å². The Kier molecular flexibility index (Phi) is 6.72. The Morgan fingerprint density at radius 3 is 2.90 bits per heavy atom. The van der Waals surface area contributed by atoms with Crippen LogP contribution in [-0.2, 0) is 4.74 Å². The quantitative estimate of drug-likeness (QED) is 0.712. The third kappa shape index (κ3) is 3.97. The van der Waals surface area contributed by atoms with Gasteiger partial charge in [-0.25, -0.2) is 0 Å². The molecule has 1 amide bonds. The zero-order chi connectivity index (χ0) is 15.8. The zero-order valence-electron chi connectivity index (χ0n) is 12.3. The second-order valence-electron chi connectivity index (χ2n) is 4.21. The number of rotatable bonds is 8. The summed E-state index contributed by atoms with van der Waals surface area (Å²) in [6, 6.07) is 2.09. The number of thiophene rings is 1. The number of carbonyl (C=O) groups excluding carboxylic acids is 1.